The molecule has 2 N–H and O–H groups in total. The van der Waals surface area contributed by atoms with Gasteiger partial charge in [-0.2, -0.15) is 0 Å². The Kier molecular flexibility index (Phi) is 9.94. The smallest absolute Gasteiger partial charge is 0.0944 e. The zero-order valence-corrected chi connectivity index (χ0v) is 9.22. The molecule has 0 aromatic rings. The van der Waals surface area contributed by atoms with Crippen molar-refractivity contribution in [1.29, 1.82) is 0 Å². The van der Waals surface area contributed by atoms with E-state index in [4.69, 9.17) is 10.5 Å². The molecule has 0 aliphatic rings. The molecule has 0 radical (unpaired) electrons. The number of hydrogen-bond donors (Lipinski definition) is 1. The standard InChI is InChI=1S/C11H25NO/c1-3-5-7-9-11(13-10-12)8-6-4-2/h11H,3-10,12H2,1-2H3. The first-order valence-corrected chi connectivity index (χ1v) is 5.66. The first kappa shape index (κ1) is 12.9. The second-order valence-electron chi connectivity index (χ2n) is 3.59. The van der Waals surface area contributed by atoms with E-state index in [0.717, 1.165) is 0 Å². The first-order valence-electron chi connectivity index (χ1n) is 5.66. The summed E-state index contributed by atoms with van der Waals surface area (Å²) in [5.74, 6) is 0. The summed E-state index contributed by atoms with van der Waals surface area (Å²) in [4.78, 5) is 0. The molecule has 0 aromatic carbocycles. The van der Waals surface area contributed by atoms with Gasteiger partial charge >= 0.3 is 0 Å². The van der Waals surface area contributed by atoms with Crippen LogP contribution in [-0.2, 0) is 4.74 Å². The lowest BCUT2D eigenvalue weighted by Gasteiger charge is -2.15. The van der Waals surface area contributed by atoms with E-state index in [2.05, 4.69) is 13.8 Å². The molecule has 0 fully saturated rings. The maximum absolute atomic E-state index is 5.47. The second kappa shape index (κ2) is 10.0. The average molecular weight is 187 g/mol. The van der Waals surface area contributed by atoms with Crippen LogP contribution in [-0.4, -0.2) is 12.8 Å². The Morgan fingerprint density at radius 2 is 1.62 bits per heavy atom. The summed E-state index contributed by atoms with van der Waals surface area (Å²) in [7, 11) is 0. The highest BCUT2D eigenvalue weighted by Crippen LogP contribution is 2.12. The lowest BCUT2D eigenvalue weighted by atomic mass is 10.1. The van der Waals surface area contributed by atoms with Gasteiger partial charge in [0.2, 0.25) is 0 Å². The summed E-state index contributed by atoms with van der Waals surface area (Å²) >= 11 is 0. The van der Waals surface area contributed by atoms with Gasteiger partial charge in [-0.05, 0) is 12.8 Å². The van der Waals surface area contributed by atoms with Crippen LogP contribution in [0.3, 0.4) is 0 Å². The van der Waals surface area contributed by atoms with Gasteiger partial charge in [-0.25, -0.2) is 0 Å². The Morgan fingerprint density at radius 1 is 1.00 bits per heavy atom. The average Bonchev–Trinajstić information content (AvgIpc) is 2.14. The topological polar surface area (TPSA) is 35.2 Å². The maximum Gasteiger partial charge on any atom is 0.0944 e. The van der Waals surface area contributed by atoms with Crippen molar-refractivity contribution in [1.82, 2.24) is 0 Å². The van der Waals surface area contributed by atoms with Crippen molar-refractivity contribution in [3.8, 4) is 0 Å². The molecule has 0 amide bonds. The predicted molar refractivity (Wildman–Crippen MR) is 57.6 cm³/mol. The van der Waals surface area contributed by atoms with E-state index in [0.29, 0.717) is 12.8 Å². The van der Waals surface area contributed by atoms with E-state index in [9.17, 15) is 0 Å². The largest absolute Gasteiger partial charge is 0.363 e. The Morgan fingerprint density at radius 3 is 2.15 bits per heavy atom. The van der Waals surface area contributed by atoms with Gasteiger partial charge in [0.25, 0.3) is 0 Å². The number of ether oxygens (including phenoxy) is 1. The normalized spacial score (nSPS) is 13.2. The van der Waals surface area contributed by atoms with Crippen LogP contribution in [0.15, 0.2) is 0 Å². The van der Waals surface area contributed by atoms with E-state index < -0.39 is 0 Å². The van der Waals surface area contributed by atoms with Gasteiger partial charge in [-0.15, -0.1) is 0 Å². The third-order valence-corrected chi connectivity index (χ3v) is 2.34. The number of rotatable bonds is 9. The molecular weight excluding hydrogens is 162 g/mol. The highest BCUT2D eigenvalue weighted by Gasteiger charge is 2.06. The summed E-state index contributed by atoms with van der Waals surface area (Å²) in [5.41, 5.74) is 5.38. The van der Waals surface area contributed by atoms with Crippen LogP contribution < -0.4 is 5.73 Å². The molecule has 0 saturated heterocycles. The quantitative estimate of drug-likeness (QED) is 0.445. The minimum atomic E-state index is 0.376. The Labute approximate surface area is 82.8 Å². The Balaban J connectivity index is 3.41. The predicted octanol–water partition coefficient (Wildman–Crippen LogP) is 3.06. The third-order valence-electron chi connectivity index (χ3n) is 2.34. The summed E-state index contributed by atoms with van der Waals surface area (Å²) in [6, 6.07) is 0. The van der Waals surface area contributed by atoms with Gasteiger partial charge in [-0.3, -0.25) is 0 Å². The highest BCUT2D eigenvalue weighted by molar-refractivity contribution is 4.58. The van der Waals surface area contributed by atoms with Gasteiger partial charge in [0.15, 0.2) is 0 Å². The molecule has 0 aliphatic heterocycles. The van der Waals surface area contributed by atoms with E-state index in [-0.39, 0.29) is 0 Å². The molecule has 0 aliphatic carbocycles. The lowest BCUT2D eigenvalue weighted by molar-refractivity contribution is 0.0428. The molecular formula is C11H25NO. The van der Waals surface area contributed by atoms with Crippen LogP contribution in [0, 0.1) is 0 Å². The summed E-state index contributed by atoms with van der Waals surface area (Å²) in [5, 5.41) is 0. The minimum absolute atomic E-state index is 0.376. The van der Waals surface area contributed by atoms with Gasteiger partial charge < -0.3 is 10.5 Å². The molecule has 2 heteroatoms. The summed E-state index contributed by atoms with van der Waals surface area (Å²) in [6.45, 7) is 4.82. The SMILES string of the molecule is CCCCCC(CCCC)OCN. The van der Waals surface area contributed by atoms with Gasteiger partial charge in [0, 0.05) is 0 Å². The van der Waals surface area contributed by atoms with Crippen molar-refractivity contribution < 1.29 is 4.74 Å². The van der Waals surface area contributed by atoms with E-state index in [1.165, 1.54) is 44.9 Å². The molecule has 2 nitrogen and oxygen atoms in total. The van der Waals surface area contributed by atoms with Crippen LogP contribution in [0.5, 0.6) is 0 Å². The van der Waals surface area contributed by atoms with Crippen LogP contribution in [0.1, 0.15) is 58.8 Å². The van der Waals surface area contributed by atoms with Gasteiger partial charge in [0.1, 0.15) is 0 Å². The van der Waals surface area contributed by atoms with Gasteiger partial charge in [0.05, 0.1) is 12.8 Å². The molecule has 0 bridgehead atoms. The molecule has 0 heterocycles. The fraction of sp³-hybridized carbons (Fsp3) is 1.00. The van der Waals surface area contributed by atoms with Crippen LogP contribution in [0.4, 0.5) is 0 Å². The maximum atomic E-state index is 5.47. The molecule has 0 spiro atoms. The summed E-state index contributed by atoms with van der Waals surface area (Å²) in [6.07, 6.45) is 9.17. The molecule has 0 rings (SSSR count). The van der Waals surface area contributed by atoms with Crippen molar-refractivity contribution in [3.63, 3.8) is 0 Å². The molecule has 80 valence electrons. The van der Waals surface area contributed by atoms with E-state index in [1.54, 1.807) is 0 Å². The first-order chi connectivity index (χ1) is 6.35. The minimum Gasteiger partial charge on any atom is -0.363 e. The second-order valence-corrected chi connectivity index (χ2v) is 3.59. The lowest BCUT2D eigenvalue weighted by Crippen LogP contribution is -2.17. The fourth-order valence-corrected chi connectivity index (χ4v) is 1.50. The molecule has 0 aromatic heterocycles. The Bertz CT molecular complexity index is 96.1. The van der Waals surface area contributed by atoms with E-state index >= 15 is 0 Å². The molecule has 0 saturated carbocycles. The molecule has 1 atom stereocenters. The molecule has 13 heavy (non-hydrogen) atoms. The number of unbranched alkanes of at least 4 members (excludes halogenated alkanes) is 3. The van der Waals surface area contributed by atoms with Crippen molar-refractivity contribution in [3.05, 3.63) is 0 Å². The number of nitrogens with two attached hydrogens (primary N) is 1. The third kappa shape index (κ3) is 8.26. The zero-order chi connectivity index (χ0) is 9.94. The number of hydrogen-bond acceptors (Lipinski definition) is 2. The van der Waals surface area contributed by atoms with E-state index in [1.807, 2.05) is 0 Å². The Hall–Kier alpha value is -0.0800. The zero-order valence-electron chi connectivity index (χ0n) is 9.22. The van der Waals surface area contributed by atoms with Crippen LogP contribution >= 0.6 is 0 Å². The van der Waals surface area contributed by atoms with Crippen molar-refractivity contribution in [2.24, 2.45) is 5.73 Å². The summed E-state index contributed by atoms with van der Waals surface area (Å²) < 4.78 is 5.47. The van der Waals surface area contributed by atoms with Crippen molar-refractivity contribution >= 4 is 0 Å². The van der Waals surface area contributed by atoms with Gasteiger partial charge in [-0.1, -0.05) is 46.0 Å². The highest BCUT2D eigenvalue weighted by atomic mass is 16.5. The molecule has 1 unspecified atom stereocenters. The van der Waals surface area contributed by atoms with Crippen LogP contribution in [0.2, 0.25) is 0 Å². The van der Waals surface area contributed by atoms with Crippen molar-refractivity contribution in [2.45, 2.75) is 64.9 Å². The monoisotopic (exact) mass is 187 g/mol. The van der Waals surface area contributed by atoms with Crippen molar-refractivity contribution in [2.75, 3.05) is 6.73 Å². The fourth-order valence-electron chi connectivity index (χ4n) is 1.50. The van der Waals surface area contributed by atoms with Crippen LogP contribution in [0.25, 0.3) is 0 Å².